The summed E-state index contributed by atoms with van der Waals surface area (Å²) >= 11 is 0. The van der Waals surface area contributed by atoms with Gasteiger partial charge in [0.05, 0.1) is 10.9 Å². The molecule has 0 bridgehead atoms. The van der Waals surface area contributed by atoms with Crippen LogP contribution < -0.4 is 11.1 Å². The van der Waals surface area contributed by atoms with Crippen LogP contribution in [0.25, 0.3) is 0 Å². The fraction of sp³-hybridized carbons (Fsp3) is 0.265. The van der Waals surface area contributed by atoms with Crippen molar-refractivity contribution in [2.24, 2.45) is 5.73 Å². The van der Waals surface area contributed by atoms with Crippen molar-refractivity contribution in [1.82, 2.24) is 9.62 Å². The Balaban J connectivity index is 1.36. The number of rotatable bonds is 11. The number of hydrogen-bond donors (Lipinski definition) is 2. The number of carbonyl (C=O) groups is 1. The van der Waals surface area contributed by atoms with Gasteiger partial charge in [-0.3, -0.25) is 4.79 Å². The number of carbonyl (C=O) groups excluding carboxylic acids is 1. The fourth-order valence-electron chi connectivity index (χ4n) is 5.83. The summed E-state index contributed by atoms with van der Waals surface area (Å²) in [4.78, 5) is 13.9. The first-order valence-electron chi connectivity index (χ1n) is 14.5. The van der Waals surface area contributed by atoms with Crippen LogP contribution in [-0.4, -0.2) is 50.2 Å². The maximum atomic E-state index is 15.3. The van der Waals surface area contributed by atoms with Crippen molar-refractivity contribution < 1.29 is 26.4 Å². The SMILES string of the molecule is N[C@H](C(=O)Cc1cccc(F)c1CC[C@H]1CNCCN1S(=O)(=O)c1ccccc1)C(c1ccc(F)cc1)c1ccc(F)cc1. The van der Waals surface area contributed by atoms with Crippen molar-refractivity contribution in [3.8, 4) is 0 Å². The summed E-state index contributed by atoms with van der Waals surface area (Å²) in [5.41, 5.74) is 8.50. The van der Waals surface area contributed by atoms with E-state index in [1.165, 1.54) is 65.0 Å². The molecule has 0 amide bonds. The highest BCUT2D eigenvalue weighted by Crippen LogP contribution is 2.30. The minimum atomic E-state index is -3.75. The normalized spacial score (nSPS) is 16.6. The van der Waals surface area contributed by atoms with E-state index in [2.05, 4.69) is 5.32 Å². The lowest BCUT2D eigenvalue weighted by atomic mass is 9.82. The second kappa shape index (κ2) is 13.9. The predicted octanol–water partition coefficient (Wildman–Crippen LogP) is 4.97. The van der Waals surface area contributed by atoms with Gasteiger partial charge in [0.2, 0.25) is 10.0 Å². The molecule has 0 aromatic heterocycles. The van der Waals surface area contributed by atoms with Gasteiger partial charge in [-0.25, -0.2) is 21.6 Å². The average molecular weight is 622 g/mol. The molecule has 1 aliphatic rings. The van der Waals surface area contributed by atoms with E-state index >= 15 is 4.39 Å². The molecule has 1 aliphatic heterocycles. The Bertz CT molecular complexity index is 1640. The number of nitrogens with one attached hydrogen (secondary N) is 1. The Morgan fingerprint density at radius 3 is 2.09 bits per heavy atom. The first kappa shape index (κ1) is 31.6. The lowest BCUT2D eigenvalue weighted by molar-refractivity contribution is -0.119. The molecule has 3 N–H and O–H groups in total. The number of nitrogens with two attached hydrogens (primary N) is 1. The second-order valence-corrected chi connectivity index (χ2v) is 12.8. The molecular weight excluding hydrogens is 587 g/mol. The maximum Gasteiger partial charge on any atom is 0.243 e. The molecule has 0 unspecified atom stereocenters. The van der Waals surface area contributed by atoms with Crippen molar-refractivity contribution in [2.45, 2.75) is 42.2 Å². The smallest absolute Gasteiger partial charge is 0.243 e. The maximum absolute atomic E-state index is 15.3. The quantitative estimate of drug-likeness (QED) is 0.247. The van der Waals surface area contributed by atoms with Gasteiger partial charge in [0.1, 0.15) is 17.5 Å². The van der Waals surface area contributed by atoms with E-state index in [4.69, 9.17) is 5.73 Å². The average Bonchev–Trinajstić information content (AvgIpc) is 3.03. The highest BCUT2D eigenvalue weighted by molar-refractivity contribution is 7.89. The van der Waals surface area contributed by atoms with Crippen LogP contribution in [0.4, 0.5) is 13.2 Å². The minimum Gasteiger partial charge on any atom is -0.321 e. The van der Waals surface area contributed by atoms with Crippen LogP contribution in [0.2, 0.25) is 0 Å². The van der Waals surface area contributed by atoms with E-state index in [1.807, 2.05) is 0 Å². The molecule has 4 aromatic rings. The third-order valence-electron chi connectivity index (χ3n) is 8.14. The Kier molecular flexibility index (Phi) is 9.95. The summed E-state index contributed by atoms with van der Waals surface area (Å²) in [5, 5.41) is 3.23. The Hall–Kier alpha value is -3.83. The van der Waals surface area contributed by atoms with Gasteiger partial charge >= 0.3 is 0 Å². The lowest BCUT2D eigenvalue weighted by Crippen LogP contribution is -2.53. The van der Waals surface area contributed by atoms with E-state index in [9.17, 15) is 22.0 Å². The van der Waals surface area contributed by atoms with Crippen LogP contribution in [0.1, 0.15) is 34.6 Å². The van der Waals surface area contributed by atoms with Crippen molar-refractivity contribution in [3.63, 3.8) is 0 Å². The molecule has 0 saturated carbocycles. The number of piperazine rings is 1. The van der Waals surface area contributed by atoms with E-state index < -0.39 is 45.5 Å². The summed E-state index contributed by atoms with van der Waals surface area (Å²) in [6.45, 7) is 1.20. The number of Topliss-reactive ketones (excluding diaryl/α,β-unsaturated/α-hetero) is 1. The summed E-state index contributed by atoms with van der Waals surface area (Å²) in [6.07, 6.45) is 0.375. The van der Waals surface area contributed by atoms with Crippen LogP contribution >= 0.6 is 0 Å². The number of sulfonamides is 1. The molecule has 4 aromatic carbocycles. The van der Waals surface area contributed by atoms with Gasteiger partial charge in [0.15, 0.2) is 5.78 Å². The zero-order chi connectivity index (χ0) is 31.3. The predicted molar refractivity (Wildman–Crippen MR) is 163 cm³/mol. The molecule has 1 heterocycles. The zero-order valence-electron chi connectivity index (χ0n) is 24.0. The molecule has 2 atom stereocenters. The number of ketones is 1. The van der Waals surface area contributed by atoms with Gasteiger partial charge in [-0.15, -0.1) is 0 Å². The molecular formula is C34H34F3N3O3S. The Morgan fingerprint density at radius 1 is 0.864 bits per heavy atom. The topological polar surface area (TPSA) is 92.5 Å². The highest BCUT2D eigenvalue weighted by atomic mass is 32.2. The van der Waals surface area contributed by atoms with Gasteiger partial charge in [0.25, 0.3) is 0 Å². The largest absolute Gasteiger partial charge is 0.321 e. The second-order valence-electron chi connectivity index (χ2n) is 11.0. The van der Waals surface area contributed by atoms with Crippen LogP contribution in [0.5, 0.6) is 0 Å². The van der Waals surface area contributed by atoms with Crippen LogP contribution in [0.3, 0.4) is 0 Å². The van der Waals surface area contributed by atoms with Gasteiger partial charge in [-0.05, 0) is 77.6 Å². The van der Waals surface area contributed by atoms with Gasteiger partial charge < -0.3 is 11.1 Å². The molecule has 44 heavy (non-hydrogen) atoms. The van der Waals surface area contributed by atoms with Crippen LogP contribution in [0.15, 0.2) is 102 Å². The lowest BCUT2D eigenvalue weighted by Gasteiger charge is -2.35. The molecule has 6 nitrogen and oxygen atoms in total. The van der Waals surface area contributed by atoms with Crippen molar-refractivity contribution >= 4 is 15.8 Å². The molecule has 0 aliphatic carbocycles. The van der Waals surface area contributed by atoms with Gasteiger partial charge in [-0.2, -0.15) is 4.31 Å². The summed E-state index contributed by atoms with van der Waals surface area (Å²) in [7, 11) is -3.75. The third-order valence-corrected chi connectivity index (χ3v) is 10.1. The number of hydrogen-bond acceptors (Lipinski definition) is 5. The van der Waals surface area contributed by atoms with Crippen molar-refractivity contribution in [2.75, 3.05) is 19.6 Å². The number of nitrogens with zero attached hydrogens (tertiary/aromatic N) is 1. The monoisotopic (exact) mass is 621 g/mol. The Morgan fingerprint density at radius 2 is 1.48 bits per heavy atom. The zero-order valence-corrected chi connectivity index (χ0v) is 24.8. The van der Waals surface area contributed by atoms with E-state index in [0.717, 1.165) is 0 Å². The molecule has 10 heteroatoms. The standard InChI is InChI=1S/C34H34F3N3O3S/c35-26-13-9-23(10-14-26)33(24-11-15-27(36)16-12-24)34(38)32(41)21-25-5-4-8-31(37)30(25)18-17-28-22-39-19-20-40(28)44(42,43)29-6-2-1-3-7-29/h1-16,28,33-34,39H,17-22,38H2/t28-,34+/m0/s1. The van der Waals surface area contributed by atoms with E-state index in [0.29, 0.717) is 41.8 Å². The molecule has 230 valence electrons. The third kappa shape index (κ3) is 7.10. The van der Waals surface area contributed by atoms with Gasteiger partial charge in [-0.1, -0.05) is 54.6 Å². The summed E-state index contributed by atoms with van der Waals surface area (Å²) < 4.78 is 71.0. The summed E-state index contributed by atoms with van der Waals surface area (Å²) in [6, 6.07) is 22.5. The first-order valence-corrected chi connectivity index (χ1v) is 15.9. The highest BCUT2D eigenvalue weighted by Gasteiger charge is 2.34. The van der Waals surface area contributed by atoms with E-state index in [1.54, 1.807) is 36.4 Å². The minimum absolute atomic E-state index is 0.165. The molecule has 1 saturated heterocycles. The molecule has 5 rings (SSSR count). The van der Waals surface area contributed by atoms with Gasteiger partial charge in [0, 0.05) is 38.0 Å². The van der Waals surface area contributed by atoms with Crippen molar-refractivity contribution in [3.05, 3.63) is 137 Å². The number of halogens is 3. The molecule has 1 fully saturated rings. The summed E-state index contributed by atoms with van der Waals surface area (Å²) in [5.74, 6) is -2.44. The van der Waals surface area contributed by atoms with E-state index in [-0.39, 0.29) is 30.1 Å². The molecule has 0 radical (unpaired) electrons. The van der Waals surface area contributed by atoms with Crippen molar-refractivity contribution in [1.29, 1.82) is 0 Å². The number of benzene rings is 4. The van der Waals surface area contributed by atoms with Crippen LogP contribution in [-0.2, 0) is 27.7 Å². The van der Waals surface area contributed by atoms with Crippen LogP contribution in [0, 0.1) is 17.5 Å². The fourth-order valence-corrected chi connectivity index (χ4v) is 7.51. The molecule has 0 spiro atoms. The Labute approximate surface area is 255 Å². The first-order chi connectivity index (χ1) is 21.1.